The summed E-state index contributed by atoms with van der Waals surface area (Å²) < 4.78 is 0. The molecule has 0 spiro atoms. The van der Waals surface area contributed by atoms with E-state index in [0.29, 0.717) is 12.1 Å². The first kappa shape index (κ1) is 13.6. The molecule has 4 heteroatoms. The van der Waals surface area contributed by atoms with Gasteiger partial charge in [0.2, 0.25) is 0 Å². The van der Waals surface area contributed by atoms with E-state index in [-0.39, 0.29) is 11.9 Å². The van der Waals surface area contributed by atoms with Gasteiger partial charge in [0.15, 0.2) is 0 Å². The molecule has 0 saturated carbocycles. The second-order valence-corrected chi connectivity index (χ2v) is 4.77. The van der Waals surface area contributed by atoms with Crippen LogP contribution in [0.15, 0.2) is 30.5 Å². The molecule has 0 fully saturated rings. The Bertz CT molecular complexity index is 470. The first-order valence-corrected chi connectivity index (χ1v) is 6.87. The van der Waals surface area contributed by atoms with Crippen molar-refractivity contribution in [2.45, 2.75) is 32.2 Å². The quantitative estimate of drug-likeness (QED) is 0.827. The van der Waals surface area contributed by atoms with Crippen LogP contribution < -0.4 is 5.32 Å². The van der Waals surface area contributed by atoms with Crippen molar-refractivity contribution in [1.82, 2.24) is 9.88 Å². The second kappa shape index (κ2) is 6.36. The molecule has 0 radical (unpaired) electrons. The number of nitrogens with one attached hydrogen (secondary N) is 1. The predicted octanol–water partition coefficient (Wildman–Crippen LogP) is 2.69. The van der Waals surface area contributed by atoms with Crippen molar-refractivity contribution in [3.05, 3.63) is 36.0 Å². The van der Waals surface area contributed by atoms with Crippen molar-refractivity contribution < 1.29 is 4.79 Å². The van der Waals surface area contributed by atoms with Gasteiger partial charge in [0.1, 0.15) is 5.82 Å². The number of anilines is 1. The Labute approximate surface area is 114 Å². The van der Waals surface area contributed by atoms with Crippen molar-refractivity contribution in [3.63, 3.8) is 0 Å². The number of aromatic nitrogens is 1. The molecule has 0 bridgehead atoms. The number of hydrogen-bond acceptors (Lipinski definition) is 3. The van der Waals surface area contributed by atoms with E-state index in [1.54, 1.807) is 25.4 Å². The fourth-order valence-corrected chi connectivity index (χ4v) is 2.34. The molecule has 1 amide bonds. The lowest BCUT2D eigenvalue weighted by Crippen LogP contribution is -2.36. The topological polar surface area (TPSA) is 45.2 Å². The highest BCUT2D eigenvalue weighted by molar-refractivity contribution is 5.95. The molecule has 2 heterocycles. The molecule has 0 unspecified atom stereocenters. The average Bonchev–Trinajstić information content (AvgIpc) is 2.92. The molecule has 102 valence electrons. The molecule has 1 N–H and O–H groups in total. The molecular formula is C15H21N3O. The number of rotatable bonds is 5. The first-order valence-electron chi connectivity index (χ1n) is 6.87. The van der Waals surface area contributed by atoms with Crippen molar-refractivity contribution in [2.75, 3.05) is 18.9 Å². The summed E-state index contributed by atoms with van der Waals surface area (Å²) in [5.74, 6) is 0.813. The maximum absolute atomic E-state index is 12.5. The molecule has 0 aromatic carbocycles. The van der Waals surface area contributed by atoms with Crippen LogP contribution in [0.5, 0.6) is 0 Å². The minimum absolute atomic E-state index is 0.0880. The zero-order valence-electron chi connectivity index (χ0n) is 11.6. The Morgan fingerprint density at radius 1 is 1.58 bits per heavy atom. The zero-order chi connectivity index (χ0) is 13.7. The zero-order valence-corrected chi connectivity index (χ0v) is 11.6. The highest BCUT2D eigenvalue weighted by Gasteiger charge is 2.25. The van der Waals surface area contributed by atoms with Crippen LogP contribution in [0.1, 0.15) is 36.5 Å². The lowest BCUT2D eigenvalue weighted by Gasteiger charge is -2.24. The van der Waals surface area contributed by atoms with Gasteiger partial charge in [-0.05, 0) is 18.6 Å². The summed E-state index contributed by atoms with van der Waals surface area (Å²) in [6.07, 6.45) is 9.25. The van der Waals surface area contributed by atoms with E-state index >= 15 is 0 Å². The first-order chi connectivity index (χ1) is 9.26. The van der Waals surface area contributed by atoms with Crippen LogP contribution in [0.2, 0.25) is 0 Å². The maximum Gasteiger partial charge on any atom is 0.254 e. The smallest absolute Gasteiger partial charge is 0.254 e. The Morgan fingerprint density at radius 3 is 3.16 bits per heavy atom. The van der Waals surface area contributed by atoms with Crippen molar-refractivity contribution in [2.24, 2.45) is 0 Å². The van der Waals surface area contributed by atoms with Crippen molar-refractivity contribution in [1.29, 1.82) is 0 Å². The lowest BCUT2D eigenvalue weighted by atomic mass is 10.1. The molecule has 0 saturated heterocycles. The molecular weight excluding hydrogens is 238 g/mol. The van der Waals surface area contributed by atoms with Gasteiger partial charge in [-0.15, -0.1) is 0 Å². The average molecular weight is 259 g/mol. The van der Waals surface area contributed by atoms with Crippen molar-refractivity contribution in [3.8, 4) is 0 Å². The summed E-state index contributed by atoms with van der Waals surface area (Å²) >= 11 is 0. The van der Waals surface area contributed by atoms with Crippen LogP contribution in [-0.4, -0.2) is 35.4 Å². The molecule has 0 aliphatic carbocycles. The van der Waals surface area contributed by atoms with Gasteiger partial charge in [-0.1, -0.05) is 31.9 Å². The predicted molar refractivity (Wildman–Crippen MR) is 77.3 cm³/mol. The highest BCUT2D eigenvalue weighted by Crippen LogP contribution is 2.19. The highest BCUT2D eigenvalue weighted by atomic mass is 16.2. The van der Waals surface area contributed by atoms with E-state index in [0.717, 1.165) is 25.1 Å². The largest absolute Gasteiger partial charge is 0.373 e. The summed E-state index contributed by atoms with van der Waals surface area (Å²) in [5.41, 5.74) is 0.699. The summed E-state index contributed by atoms with van der Waals surface area (Å²) in [4.78, 5) is 18.6. The number of amides is 1. The molecule has 1 aromatic heterocycles. The van der Waals surface area contributed by atoms with Crippen LogP contribution in [-0.2, 0) is 0 Å². The Kier molecular flexibility index (Phi) is 4.55. The Hall–Kier alpha value is -1.84. The van der Waals surface area contributed by atoms with Gasteiger partial charge < -0.3 is 10.2 Å². The molecule has 1 aliphatic rings. The molecule has 1 aromatic rings. The fraction of sp³-hybridized carbons (Fsp3) is 0.467. The van der Waals surface area contributed by atoms with Crippen LogP contribution in [0.3, 0.4) is 0 Å². The van der Waals surface area contributed by atoms with Gasteiger partial charge >= 0.3 is 0 Å². The summed E-state index contributed by atoms with van der Waals surface area (Å²) in [5, 5.41) is 2.96. The summed E-state index contributed by atoms with van der Waals surface area (Å²) in [7, 11) is 1.80. The van der Waals surface area contributed by atoms with Crippen LogP contribution >= 0.6 is 0 Å². The molecule has 1 aliphatic heterocycles. The number of nitrogens with zero attached hydrogens (tertiary/aromatic N) is 2. The Morgan fingerprint density at radius 2 is 2.42 bits per heavy atom. The second-order valence-electron chi connectivity index (χ2n) is 4.77. The summed E-state index contributed by atoms with van der Waals surface area (Å²) in [6, 6.07) is 3.83. The van der Waals surface area contributed by atoms with Gasteiger partial charge in [-0.3, -0.25) is 4.79 Å². The molecule has 1 atom stereocenters. The molecule has 19 heavy (non-hydrogen) atoms. The third-order valence-electron chi connectivity index (χ3n) is 3.44. The minimum Gasteiger partial charge on any atom is -0.373 e. The molecule has 2 rings (SSSR count). The SMILES string of the molecule is CCCC[C@H]1C=CCN1C(=O)c1ccnc(NC)c1. The number of unbranched alkanes of at least 4 members (excludes halogenated alkanes) is 1. The number of carbonyl (C=O) groups excluding carboxylic acids is 1. The number of hydrogen-bond donors (Lipinski definition) is 1. The van der Waals surface area contributed by atoms with Gasteiger partial charge in [-0.25, -0.2) is 4.98 Å². The van der Waals surface area contributed by atoms with Crippen LogP contribution in [0.4, 0.5) is 5.82 Å². The van der Waals surface area contributed by atoms with Crippen LogP contribution in [0, 0.1) is 0 Å². The van der Waals surface area contributed by atoms with E-state index in [1.807, 2.05) is 4.90 Å². The molecule has 4 nitrogen and oxygen atoms in total. The fourth-order valence-electron chi connectivity index (χ4n) is 2.34. The lowest BCUT2D eigenvalue weighted by molar-refractivity contribution is 0.0743. The van der Waals surface area contributed by atoms with E-state index in [2.05, 4.69) is 29.4 Å². The maximum atomic E-state index is 12.5. The van der Waals surface area contributed by atoms with Gasteiger partial charge in [0, 0.05) is 25.4 Å². The standard InChI is InChI=1S/C15H21N3O/c1-3-4-6-13-7-5-10-18(13)15(19)12-8-9-17-14(11-12)16-2/h5,7-9,11,13H,3-4,6,10H2,1-2H3,(H,16,17)/t13-/m0/s1. The minimum atomic E-state index is 0.0880. The van der Waals surface area contributed by atoms with Crippen molar-refractivity contribution >= 4 is 11.7 Å². The third kappa shape index (κ3) is 3.13. The summed E-state index contributed by atoms with van der Waals surface area (Å²) in [6.45, 7) is 2.89. The van der Waals surface area contributed by atoms with E-state index in [9.17, 15) is 4.79 Å². The van der Waals surface area contributed by atoms with E-state index in [4.69, 9.17) is 0 Å². The normalized spacial score (nSPS) is 17.8. The monoisotopic (exact) mass is 259 g/mol. The van der Waals surface area contributed by atoms with Gasteiger partial charge in [-0.2, -0.15) is 0 Å². The van der Waals surface area contributed by atoms with Crippen LogP contribution in [0.25, 0.3) is 0 Å². The van der Waals surface area contributed by atoms with E-state index in [1.165, 1.54) is 0 Å². The van der Waals surface area contributed by atoms with E-state index < -0.39 is 0 Å². The third-order valence-corrected chi connectivity index (χ3v) is 3.44. The number of pyridine rings is 1. The number of carbonyl (C=O) groups is 1. The van der Waals surface area contributed by atoms with Gasteiger partial charge in [0.05, 0.1) is 6.04 Å². The Balaban J connectivity index is 2.10. The van der Waals surface area contributed by atoms with Gasteiger partial charge in [0.25, 0.3) is 5.91 Å².